The minimum absolute atomic E-state index is 0.265. The van der Waals surface area contributed by atoms with Crippen LogP contribution in [0, 0.1) is 164 Å². The highest BCUT2D eigenvalue weighted by molar-refractivity contribution is 5.84. The van der Waals surface area contributed by atoms with Gasteiger partial charge in [-0.15, -0.1) is 0 Å². The van der Waals surface area contributed by atoms with Crippen molar-refractivity contribution in [1.82, 2.24) is 24.3 Å². The highest BCUT2D eigenvalue weighted by atomic mass is 16.3. The molecular formula is C104H169N5O5. The van der Waals surface area contributed by atoms with Crippen molar-refractivity contribution < 1.29 is 25.2 Å². The summed E-state index contributed by atoms with van der Waals surface area (Å²) in [6, 6.07) is 0. The van der Waals surface area contributed by atoms with Gasteiger partial charge in [0.2, 0.25) is 0 Å². The Bertz CT molecular complexity index is 3360. The third-order valence-electron chi connectivity index (χ3n) is 41.1. The summed E-state index contributed by atoms with van der Waals surface area (Å²) in [6.45, 7) is 44.0. The van der Waals surface area contributed by atoms with E-state index in [-0.39, 0.29) is 16.6 Å². The minimum atomic E-state index is -0.420. The average Bonchev–Trinajstić information content (AvgIpc) is 1.61. The fourth-order valence-corrected chi connectivity index (χ4v) is 35.9. The molecule has 0 amide bonds. The van der Waals surface area contributed by atoms with Crippen molar-refractivity contribution in [2.24, 2.45) is 164 Å². The van der Waals surface area contributed by atoms with Crippen LogP contribution in [0.5, 0.6) is 0 Å². The van der Waals surface area contributed by atoms with Gasteiger partial charge in [-0.25, -0.2) is 4.98 Å². The Hall–Kier alpha value is -2.18. The molecule has 3 aliphatic heterocycles. The Morgan fingerprint density at radius 1 is 0.316 bits per heavy atom. The second-order valence-corrected chi connectivity index (χ2v) is 47.7. The monoisotopic (exact) mass is 1570 g/mol. The molecule has 4 heterocycles. The second kappa shape index (κ2) is 33.5. The number of hydrogen-bond donors (Lipinski definition) is 4. The van der Waals surface area contributed by atoms with Crippen LogP contribution in [0.25, 0.3) is 0 Å². The largest absolute Gasteiger partial charge is 0.390 e. The zero-order valence-corrected chi connectivity index (χ0v) is 74.3. The van der Waals surface area contributed by atoms with E-state index in [0.717, 1.165) is 214 Å². The number of aromatic nitrogens is 2. The third-order valence-corrected chi connectivity index (χ3v) is 41.1. The lowest BCUT2D eigenvalue weighted by atomic mass is 9.49. The zero-order chi connectivity index (χ0) is 79.5. The van der Waals surface area contributed by atoms with Crippen molar-refractivity contribution in [2.75, 3.05) is 58.9 Å². The summed E-state index contributed by atoms with van der Waals surface area (Å²) in [4.78, 5) is 25.4. The van der Waals surface area contributed by atoms with Gasteiger partial charge in [0.1, 0.15) is 5.78 Å². The maximum atomic E-state index is 13.4. The van der Waals surface area contributed by atoms with Gasteiger partial charge in [-0.2, -0.15) is 0 Å². The highest BCUT2D eigenvalue weighted by Crippen LogP contribution is 2.71. The van der Waals surface area contributed by atoms with Crippen LogP contribution in [0.15, 0.2) is 55.2 Å². The normalized spacial score (nSPS) is 50.0. The summed E-state index contributed by atoms with van der Waals surface area (Å²) >= 11 is 0. The molecule has 19 fully saturated rings. The van der Waals surface area contributed by atoms with Crippen LogP contribution in [0.2, 0.25) is 0 Å². The molecule has 0 aromatic carbocycles. The number of Topliss-reactive ketones (excluding diaryl/α,β-unsaturated/α-hetero) is 1. The Labute approximate surface area is 695 Å². The van der Waals surface area contributed by atoms with E-state index < -0.39 is 11.2 Å². The number of imidazole rings is 1. The molecule has 10 heteroatoms. The molecule has 1 aromatic heterocycles. The number of nitrogens with zero attached hydrogens (tertiary/aromatic N) is 5. The van der Waals surface area contributed by atoms with Gasteiger partial charge < -0.3 is 25.0 Å². The fourth-order valence-electron chi connectivity index (χ4n) is 35.9. The number of carbonyl (C=O) groups is 1. The molecule has 640 valence electrons. The quantitative estimate of drug-likeness (QED) is 0.151. The summed E-state index contributed by atoms with van der Waals surface area (Å²) in [7, 11) is 0. The van der Waals surface area contributed by atoms with E-state index in [0.29, 0.717) is 33.9 Å². The molecule has 16 saturated carbocycles. The van der Waals surface area contributed by atoms with Crippen molar-refractivity contribution in [3.8, 4) is 0 Å². The SMILES string of the molecule is C=C(CN1CCCC1)[C@H]1CC[C@H]2[C@@H]3CC[C@H]4C[C@](C)(O)CC[C@@H]4[C@H]3CC[C@]12C.C=C(CN1CCCCC1)[C@H]1CC[C@H]2[C@@H]3CC[C@H]4C[C@](C)(O)CC[C@@H]4[C@H]3CC[C@]12C.C=C(Cn1ccnc1)[C@H]1CC[C@H]2[C@@H]3CC[C@H]4C[C@](C)(O)CC[C@@H]4[C@H]3CC[C@]12C.C[C@@]1(O)CC[C@H]2[C@@H](CC[C@@H]3[C@@H]2CC[C@]2(C)[C@@H](C(=O)CN4CCCCC4)CC[C@@H]32)C1. The molecule has 0 bridgehead atoms. The van der Waals surface area contributed by atoms with E-state index in [9.17, 15) is 25.2 Å². The Balaban J connectivity index is 0.000000110. The highest BCUT2D eigenvalue weighted by Gasteiger charge is 2.64. The standard InChI is InChI=1S/C27H45NO.C26H43NO2.C26H43NO.C25H38N2O/c1-19(18-28-15-5-4-6-16-28)24-9-10-25-23-8-7-20-17-26(2,29)13-11-21(20)22(23)12-14-27(24,25)3;1-25(29)12-10-19-18(16-25)6-7-21-20(19)11-13-26(2)22(21)8-9-23(26)24(28)17-27-14-4-3-5-15-27;1-18(17-27-14-4-5-15-27)23-8-9-24-22-7-6-19-16-25(2,28)12-10-20(19)21(22)11-13-26(23,24)3;1-17(15-27-13-12-26-16-27)22-6-7-23-21-5-4-18-14-24(2,28)10-8-19(18)20(21)9-11-25(22,23)3/h20-25,29H,1,4-18H2,2-3H3;18-23,29H,3-17H2,1-2H3;19-24,28H,1,4-17H2,2-3H3;12-13,16,18-23,28H,1,4-11,14-15H2,2-3H3/t20-,21-,22+,23+,24+,25-,26+,27+;18-,19-,20+,21+,22-,23+,25+,26-;19-,20-,21+,22+,23+,24-,25+,26+;18-,19-,20+,21+,22+,23-,24+,25+/m0000/s1. The van der Waals surface area contributed by atoms with Gasteiger partial charge in [0, 0.05) is 37.9 Å². The smallest absolute Gasteiger partial charge is 0.150 e. The van der Waals surface area contributed by atoms with Crippen LogP contribution in [0.4, 0.5) is 0 Å². The predicted octanol–water partition coefficient (Wildman–Crippen LogP) is 22.2. The van der Waals surface area contributed by atoms with Crippen LogP contribution in [-0.4, -0.2) is 132 Å². The molecule has 0 spiro atoms. The minimum Gasteiger partial charge on any atom is -0.390 e. The number of likely N-dealkylation sites (tertiary alicyclic amines) is 3. The molecule has 16 aliphatic carbocycles. The maximum Gasteiger partial charge on any atom is 0.150 e. The molecule has 19 aliphatic rings. The Morgan fingerprint density at radius 3 is 0.895 bits per heavy atom. The van der Waals surface area contributed by atoms with Crippen LogP contribution in [0.1, 0.15) is 338 Å². The number of allylic oxidation sites excluding steroid dienone is 1. The Morgan fingerprint density at radius 2 is 0.588 bits per heavy atom. The van der Waals surface area contributed by atoms with E-state index in [1.54, 1.807) is 11.1 Å². The summed E-state index contributed by atoms with van der Waals surface area (Å²) in [5, 5.41) is 42.4. The van der Waals surface area contributed by atoms with E-state index in [2.05, 4.69) is 106 Å². The van der Waals surface area contributed by atoms with Gasteiger partial charge in [0.05, 0.1) is 35.3 Å². The number of piperidine rings is 2. The van der Waals surface area contributed by atoms with E-state index in [1.165, 1.54) is 270 Å². The van der Waals surface area contributed by atoms with Crippen LogP contribution in [-0.2, 0) is 11.3 Å². The van der Waals surface area contributed by atoms with Crippen molar-refractivity contribution in [3.05, 3.63) is 55.2 Å². The first-order valence-electron chi connectivity index (χ1n) is 50.1. The molecule has 114 heavy (non-hydrogen) atoms. The van der Waals surface area contributed by atoms with Gasteiger partial charge >= 0.3 is 0 Å². The average molecular weight is 1570 g/mol. The fraction of sp³-hybridized carbons (Fsp3) is 0.904. The van der Waals surface area contributed by atoms with Gasteiger partial charge in [-0.1, -0.05) is 77.0 Å². The molecule has 0 radical (unpaired) electrons. The lowest BCUT2D eigenvalue weighted by Gasteiger charge is -2.57. The Kier molecular flexibility index (Phi) is 24.7. The number of carbonyl (C=O) groups excluding carboxylic acids is 1. The van der Waals surface area contributed by atoms with E-state index in [4.69, 9.17) is 0 Å². The molecule has 0 unspecified atom stereocenters. The topological polar surface area (TPSA) is 126 Å². The summed E-state index contributed by atoms with van der Waals surface area (Å²) < 4.78 is 2.18. The lowest BCUT2D eigenvalue weighted by molar-refractivity contribution is -0.133. The van der Waals surface area contributed by atoms with Gasteiger partial charge in [-0.05, 0) is 494 Å². The summed E-state index contributed by atoms with van der Waals surface area (Å²) in [6.07, 6.45) is 63.2. The molecule has 1 aromatic rings. The second-order valence-electron chi connectivity index (χ2n) is 47.7. The number of fused-ring (bicyclic) bond motifs is 20. The predicted molar refractivity (Wildman–Crippen MR) is 466 cm³/mol. The molecule has 20 rings (SSSR count). The van der Waals surface area contributed by atoms with Crippen molar-refractivity contribution in [3.63, 3.8) is 0 Å². The molecule has 32 atom stereocenters. The first-order chi connectivity index (χ1) is 54.5. The molecule has 4 N–H and O–H groups in total. The number of rotatable bonds is 12. The van der Waals surface area contributed by atoms with Crippen LogP contribution < -0.4 is 0 Å². The third kappa shape index (κ3) is 16.6. The first-order valence-corrected chi connectivity index (χ1v) is 50.1. The van der Waals surface area contributed by atoms with Crippen molar-refractivity contribution >= 4 is 5.78 Å². The van der Waals surface area contributed by atoms with Gasteiger partial charge in [0.25, 0.3) is 0 Å². The zero-order valence-electron chi connectivity index (χ0n) is 74.3. The molecule has 3 saturated heterocycles. The summed E-state index contributed by atoms with van der Waals surface area (Å²) in [5.74, 6) is 20.7. The number of ketones is 1. The lowest BCUT2D eigenvalue weighted by Crippen LogP contribution is -2.51. The van der Waals surface area contributed by atoms with E-state index >= 15 is 0 Å². The van der Waals surface area contributed by atoms with Gasteiger partial charge in [-0.3, -0.25) is 19.5 Å². The van der Waals surface area contributed by atoms with Crippen molar-refractivity contribution in [1.29, 1.82) is 0 Å². The molecule has 10 nitrogen and oxygen atoms in total. The first kappa shape index (κ1) is 84.1. The van der Waals surface area contributed by atoms with Crippen molar-refractivity contribution in [2.45, 2.75) is 367 Å². The van der Waals surface area contributed by atoms with Crippen LogP contribution in [0.3, 0.4) is 0 Å². The van der Waals surface area contributed by atoms with Crippen LogP contribution >= 0.6 is 0 Å². The van der Waals surface area contributed by atoms with Gasteiger partial charge in [0.15, 0.2) is 0 Å². The number of hydrogen-bond acceptors (Lipinski definition) is 9. The maximum absolute atomic E-state index is 13.4. The number of aliphatic hydroxyl groups is 4. The summed E-state index contributed by atoms with van der Waals surface area (Å²) in [5.41, 5.74) is 4.70. The van der Waals surface area contributed by atoms with E-state index in [1.807, 2.05) is 12.5 Å². The molecular weight excluding hydrogens is 1400 g/mol.